The predicted molar refractivity (Wildman–Crippen MR) is 76.3 cm³/mol. The molecule has 0 bridgehead atoms. The van der Waals surface area contributed by atoms with Crippen LogP contribution in [0.5, 0.6) is 0 Å². The maximum absolute atomic E-state index is 13.9. The number of aryl methyl sites for hydroxylation is 1. The molecule has 0 atom stereocenters. The molecule has 6 heteroatoms. The highest BCUT2D eigenvalue weighted by Gasteiger charge is 2.26. The van der Waals surface area contributed by atoms with Gasteiger partial charge in [-0.05, 0) is 44.4 Å². The largest absolute Gasteiger partial charge is 0.462 e. The van der Waals surface area contributed by atoms with Crippen molar-refractivity contribution in [1.82, 2.24) is 5.32 Å². The van der Waals surface area contributed by atoms with Crippen molar-refractivity contribution in [3.05, 3.63) is 46.7 Å². The van der Waals surface area contributed by atoms with Crippen LogP contribution in [0.25, 0.3) is 0 Å². The number of hydrogen-bond acceptors (Lipinski definition) is 4. The second-order valence-corrected chi connectivity index (χ2v) is 5.13. The second kappa shape index (κ2) is 6.68. The van der Waals surface area contributed by atoms with E-state index in [1.807, 2.05) is 0 Å². The van der Waals surface area contributed by atoms with Crippen molar-refractivity contribution in [2.24, 2.45) is 0 Å². The lowest BCUT2D eigenvalue weighted by molar-refractivity contribution is -0.138. The summed E-state index contributed by atoms with van der Waals surface area (Å²) in [5.74, 6) is -3.34. The lowest BCUT2D eigenvalue weighted by Gasteiger charge is -2.09. The van der Waals surface area contributed by atoms with Crippen molar-refractivity contribution in [3.8, 4) is 0 Å². The molecule has 0 aliphatic heterocycles. The van der Waals surface area contributed by atoms with Gasteiger partial charge in [0.15, 0.2) is 0 Å². The first-order valence-electron chi connectivity index (χ1n) is 7.07. The summed E-state index contributed by atoms with van der Waals surface area (Å²) in [6.45, 7) is 3.07. The topological polar surface area (TPSA) is 55.4 Å². The number of nitrogens with one attached hydrogen (secondary N) is 1. The van der Waals surface area contributed by atoms with Crippen LogP contribution in [-0.4, -0.2) is 24.4 Å². The van der Waals surface area contributed by atoms with Gasteiger partial charge in [0.25, 0.3) is 0 Å². The number of benzene rings is 1. The highest BCUT2D eigenvalue weighted by molar-refractivity contribution is 6.24. The minimum absolute atomic E-state index is 0.0810. The van der Waals surface area contributed by atoms with Gasteiger partial charge in [-0.25, -0.2) is 13.6 Å². The van der Waals surface area contributed by atoms with E-state index in [1.165, 1.54) is 13.1 Å². The number of carbonyl (C=O) groups excluding carboxylic acids is 2. The molecule has 2 rings (SSSR count). The Morgan fingerprint density at radius 3 is 2.59 bits per heavy atom. The normalized spacial score (nSPS) is 14.6. The standard InChI is InChI=1S/C16H17F2NO3/c1-3-22-16(21)12(8-19-10-4-5-10)15(20)11-7-13(17)9(2)6-14(11)18/h6-8,10,19H,3-5H2,1-2H3. The van der Waals surface area contributed by atoms with Crippen LogP contribution in [0.15, 0.2) is 23.9 Å². The van der Waals surface area contributed by atoms with E-state index in [0.717, 1.165) is 25.0 Å². The van der Waals surface area contributed by atoms with Crippen LogP contribution < -0.4 is 5.32 Å². The Morgan fingerprint density at radius 1 is 1.32 bits per heavy atom. The Morgan fingerprint density at radius 2 is 2.00 bits per heavy atom. The monoisotopic (exact) mass is 309 g/mol. The molecule has 0 aromatic heterocycles. The van der Waals surface area contributed by atoms with Gasteiger partial charge in [0, 0.05) is 12.2 Å². The van der Waals surface area contributed by atoms with E-state index in [0.29, 0.717) is 0 Å². The van der Waals surface area contributed by atoms with Crippen molar-refractivity contribution in [2.75, 3.05) is 6.61 Å². The number of carbonyl (C=O) groups is 2. The number of rotatable bonds is 6. The van der Waals surface area contributed by atoms with Gasteiger partial charge in [0.05, 0.1) is 12.2 Å². The van der Waals surface area contributed by atoms with E-state index >= 15 is 0 Å². The van der Waals surface area contributed by atoms with E-state index in [1.54, 1.807) is 6.92 Å². The van der Waals surface area contributed by atoms with Crippen molar-refractivity contribution >= 4 is 11.8 Å². The molecule has 1 aromatic rings. The molecular weight excluding hydrogens is 292 g/mol. The smallest absolute Gasteiger partial charge is 0.343 e. The summed E-state index contributed by atoms with van der Waals surface area (Å²) in [4.78, 5) is 24.2. The van der Waals surface area contributed by atoms with Crippen LogP contribution in [0.1, 0.15) is 35.7 Å². The van der Waals surface area contributed by atoms with Crippen LogP contribution >= 0.6 is 0 Å². The van der Waals surface area contributed by atoms with Crippen LogP contribution in [-0.2, 0) is 9.53 Å². The summed E-state index contributed by atoms with van der Waals surface area (Å²) in [5.41, 5.74) is -0.734. The summed E-state index contributed by atoms with van der Waals surface area (Å²) in [7, 11) is 0. The van der Waals surface area contributed by atoms with Crippen LogP contribution in [0.2, 0.25) is 0 Å². The van der Waals surface area contributed by atoms with E-state index in [2.05, 4.69) is 5.32 Å². The van der Waals surface area contributed by atoms with Gasteiger partial charge < -0.3 is 10.1 Å². The fourth-order valence-electron chi connectivity index (χ4n) is 1.84. The van der Waals surface area contributed by atoms with Crippen molar-refractivity contribution < 1.29 is 23.1 Å². The second-order valence-electron chi connectivity index (χ2n) is 5.13. The van der Waals surface area contributed by atoms with Crippen LogP contribution in [0.4, 0.5) is 8.78 Å². The zero-order valence-electron chi connectivity index (χ0n) is 12.4. The summed E-state index contributed by atoms with van der Waals surface area (Å²) >= 11 is 0. The maximum Gasteiger partial charge on any atom is 0.343 e. The first-order chi connectivity index (χ1) is 10.4. The quantitative estimate of drug-likeness (QED) is 0.289. The Labute approximate surface area is 127 Å². The highest BCUT2D eigenvalue weighted by atomic mass is 19.1. The number of hydrogen-bond donors (Lipinski definition) is 1. The lowest BCUT2D eigenvalue weighted by Crippen LogP contribution is -2.21. The Bertz CT molecular complexity index is 637. The van der Waals surface area contributed by atoms with Gasteiger partial charge in [0.1, 0.15) is 17.2 Å². The molecule has 1 aliphatic carbocycles. The minimum atomic E-state index is -0.900. The molecule has 1 fully saturated rings. The van der Waals surface area contributed by atoms with Gasteiger partial charge in [-0.3, -0.25) is 4.79 Å². The van der Waals surface area contributed by atoms with Crippen molar-refractivity contribution in [2.45, 2.75) is 32.7 Å². The first-order valence-corrected chi connectivity index (χ1v) is 7.07. The molecule has 0 unspecified atom stereocenters. The molecule has 1 aliphatic rings. The zero-order chi connectivity index (χ0) is 16.3. The first kappa shape index (κ1) is 16.1. The summed E-state index contributed by atoms with van der Waals surface area (Å²) in [6, 6.07) is 1.94. The number of Topliss-reactive ketones (excluding diaryl/α,β-unsaturated/α-hetero) is 1. The lowest BCUT2D eigenvalue weighted by atomic mass is 10.0. The Kier molecular flexibility index (Phi) is 4.90. The molecule has 4 nitrogen and oxygen atoms in total. The average molecular weight is 309 g/mol. The predicted octanol–water partition coefficient (Wildman–Crippen LogP) is 2.65. The Hall–Kier alpha value is -2.24. The van der Waals surface area contributed by atoms with E-state index in [4.69, 9.17) is 4.74 Å². The maximum atomic E-state index is 13.9. The van der Waals surface area contributed by atoms with Gasteiger partial charge in [-0.2, -0.15) is 0 Å². The molecule has 1 aromatic carbocycles. The van der Waals surface area contributed by atoms with E-state index < -0.39 is 29.0 Å². The van der Waals surface area contributed by atoms with Gasteiger partial charge in [0.2, 0.25) is 5.78 Å². The SMILES string of the molecule is CCOC(=O)C(=CNC1CC1)C(=O)c1cc(F)c(C)cc1F. The third-order valence-electron chi connectivity index (χ3n) is 3.27. The molecule has 0 heterocycles. The third-order valence-corrected chi connectivity index (χ3v) is 3.27. The molecule has 0 radical (unpaired) electrons. The van der Waals surface area contributed by atoms with Crippen molar-refractivity contribution in [1.29, 1.82) is 0 Å². The molecule has 118 valence electrons. The molecule has 0 amide bonds. The molecule has 0 spiro atoms. The number of ketones is 1. The molecule has 0 saturated heterocycles. The summed E-state index contributed by atoms with van der Waals surface area (Å²) < 4.78 is 32.3. The Balaban J connectivity index is 2.33. The molecule has 1 saturated carbocycles. The fourth-order valence-corrected chi connectivity index (χ4v) is 1.84. The molecule has 1 N–H and O–H groups in total. The number of ether oxygens (including phenoxy) is 1. The molecule has 22 heavy (non-hydrogen) atoms. The fraction of sp³-hybridized carbons (Fsp3) is 0.375. The third kappa shape index (κ3) is 3.69. The van der Waals surface area contributed by atoms with Gasteiger partial charge >= 0.3 is 5.97 Å². The summed E-state index contributed by atoms with van der Waals surface area (Å²) in [6.07, 6.45) is 3.11. The zero-order valence-corrected chi connectivity index (χ0v) is 12.4. The van der Waals surface area contributed by atoms with E-state index in [9.17, 15) is 18.4 Å². The van der Waals surface area contributed by atoms with Crippen LogP contribution in [0.3, 0.4) is 0 Å². The van der Waals surface area contributed by atoms with Gasteiger partial charge in [-0.1, -0.05) is 0 Å². The van der Waals surface area contributed by atoms with E-state index in [-0.39, 0.29) is 23.8 Å². The van der Waals surface area contributed by atoms with Crippen LogP contribution in [0, 0.1) is 18.6 Å². The minimum Gasteiger partial charge on any atom is -0.462 e. The number of esters is 1. The van der Waals surface area contributed by atoms with Gasteiger partial charge in [-0.15, -0.1) is 0 Å². The summed E-state index contributed by atoms with van der Waals surface area (Å²) in [5, 5.41) is 2.89. The highest BCUT2D eigenvalue weighted by Crippen LogP contribution is 2.21. The van der Waals surface area contributed by atoms with Crippen molar-refractivity contribution in [3.63, 3.8) is 0 Å². The number of halogens is 2. The average Bonchev–Trinajstić information content (AvgIpc) is 3.27. The molecular formula is C16H17F2NO3.